The minimum atomic E-state index is 0.496. The summed E-state index contributed by atoms with van der Waals surface area (Å²) in [7, 11) is 1.85. The highest BCUT2D eigenvalue weighted by atomic mass is 32.1. The first-order chi connectivity index (χ1) is 13.1. The predicted octanol–water partition coefficient (Wildman–Crippen LogP) is 3.13. The molecule has 6 heteroatoms. The quantitative estimate of drug-likeness (QED) is 0.593. The number of aromatic nitrogens is 1. The molecule has 0 spiro atoms. The Morgan fingerprint density at radius 2 is 1.96 bits per heavy atom. The highest BCUT2D eigenvalue weighted by Crippen LogP contribution is 2.17. The topological polar surface area (TPSA) is 52.6 Å². The van der Waals surface area contributed by atoms with Gasteiger partial charge in [-0.3, -0.25) is 9.89 Å². The molecule has 1 fully saturated rings. The molecule has 0 atom stereocenters. The molecule has 2 aromatic rings. The van der Waals surface area contributed by atoms with E-state index in [9.17, 15) is 0 Å². The molecule has 1 aliphatic rings. The third-order valence-electron chi connectivity index (χ3n) is 5.05. The molecular weight excluding hydrogens is 354 g/mol. The summed E-state index contributed by atoms with van der Waals surface area (Å²) in [5, 5.41) is 8.20. The molecule has 0 unspecified atom stereocenters. The minimum absolute atomic E-state index is 0.496. The smallest absolute Gasteiger partial charge is 0.191 e. The van der Waals surface area contributed by atoms with Crippen molar-refractivity contribution >= 4 is 17.3 Å². The number of thiazole rings is 1. The van der Waals surface area contributed by atoms with Crippen LogP contribution in [0.15, 0.2) is 35.3 Å². The second kappa shape index (κ2) is 9.85. The number of piperidine rings is 1. The number of aliphatic imine (C=N–C) groups is 1. The molecule has 146 valence electrons. The van der Waals surface area contributed by atoms with Crippen LogP contribution in [0.2, 0.25) is 0 Å². The highest BCUT2D eigenvalue weighted by molar-refractivity contribution is 7.11. The fourth-order valence-corrected chi connectivity index (χ4v) is 4.50. The van der Waals surface area contributed by atoms with Gasteiger partial charge in [0.1, 0.15) is 0 Å². The van der Waals surface area contributed by atoms with Crippen molar-refractivity contribution in [2.75, 3.05) is 26.7 Å². The Morgan fingerprint density at radius 3 is 2.59 bits per heavy atom. The van der Waals surface area contributed by atoms with E-state index in [2.05, 4.69) is 69.7 Å². The average Bonchev–Trinajstić information content (AvgIpc) is 3.00. The summed E-state index contributed by atoms with van der Waals surface area (Å²) in [6.07, 6.45) is 3.30. The molecule has 1 aromatic carbocycles. The van der Waals surface area contributed by atoms with Crippen LogP contribution < -0.4 is 10.6 Å². The first kappa shape index (κ1) is 19.8. The molecule has 2 N–H and O–H groups in total. The Kier molecular flexibility index (Phi) is 7.24. The van der Waals surface area contributed by atoms with Gasteiger partial charge in [-0.2, -0.15) is 0 Å². The largest absolute Gasteiger partial charge is 0.356 e. The lowest BCUT2D eigenvalue weighted by Gasteiger charge is -2.33. The van der Waals surface area contributed by atoms with E-state index in [-0.39, 0.29) is 0 Å². The summed E-state index contributed by atoms with van der Waals surface area (Å²) < 4.78 is 0. The monoisotopic (exact) mass is 385 g/mol. The zero-order valence-electron chi connectivity index (χ0n) is 16.7. The molecule has 5 nitrogen and oxygen atoms in total. The first-order valence-corrected chi connectivity index (χ1v) is 10.6. The Labute approximate surface area is 166 Å². The predicted molar refractivity (Wildman–Crippen MR) is 115 cm³/mol. The minimum Gasteiger partial charge on any atom is -0.356 e. The number of rotatable bonds is 6. The van der Waals surface area contributed by atoms with Gasteiger partial charge in [-0.1, -0.05) is 30.3 Å². The van der Waals surface area contributed by atoms with E-state index < -0.39 is 0 Å². The molecule has 0 amide bonds. The lowest BCUT2D eigenvalue weighted by Crippen LogP contribution is -2.48. The van der Waals surface area contributed by atoms with Gasteiger partial charge in [0, 0.05) is 50.6 Å². The SMILES string of the molecule is CN=C(NCCc1sc(C)nc1C)NC1CCN(Cc2ccccc2)CC1. The molecule has 1 saturated heterocycles. The maximum Gasteiger partial charge on any atom is 0.191 e. The normalized spacial score (nSPS) is 16.5. The standard InChI is InChI=1S/C21H31N5S/c1-16-20(27-17(2)24-16)9-12-23-21(22-3)25-19-10-13-26(14-11-19)15-18-7-5-4-6-8-18/h4-8,19H,9-15H2,1-3H3,(H2,22,23,25). The van der Waals surface area contributed by atoms with Gasteiger partial charge in [-0.15, -0.1) is 11.3 Å². The van der Waals surface area contributed by atoms with E-state index in [1.165, 1.54) is 10.4 Å². The van der Waals surface area contributed by atoms with Crippen molar-refractivity contribution < 1.29 is 0 Å². The molecule has 3 rings (SSSR count). The van der Waals surface area contributed by atoms with Crippen molar-refractivity contribution in [3.8, 4) is 0 Å². The second-order valence-electron chi connectivity index (χ2n) is 7.17. The van der Waals surface area contributed by atoms with E-state index in [0.29, 0.717) is 6.04 Å². The van der Waals surface area contributed by atoms with Crippen LogP contribution >= 0.6 is 11.3 Å². The Morgan fingerprint density at radius 1 is 1.22 bits per heavy atom. The number of nitrogens with one attached hydrogen (secondary N) is 2. The maximum absolute atomic E-state index is 4.50. The summed E-state index contributed by atoms with van der Waals surface area (Å²) >= 11 is 1.79. The van der Waals surface area contributed by atoms with Crippen molar-refractivity contribution in [2.24, 2.45) is 4.99 Å². The third-order valence-corrected chi connectivity index (χ3v) is 6.18. The van der Waals surface area contributed by atoms with E-state index in [1.807, 2.05) is 7.05 Å². The van der Waals surface area contributed by atoms with E-state index in [0.717, 1.165) is 62.1 Å². The van der Waals surface area contributed by atoms with Crippen LogP contribution in [0.1, 0.15) is 34.0 Å². The second-order valence-corrected chi connectivity index (χ2v) is 8.46. The van der Waals surface area contributed by atoms with E-state index in [4.69, 9.17) is 0 Å². The Bertz CT molecular complexity index is 732. The zero-order chi connectivity index (χ0) is 19.1. The number of guanidine groups is 1. The number of hydrogen-bond donors (Lipinski definition) is 2. The summed E-state index contributed by atoms with van der Waals surface area (Å²) in [6.45, 7) is 8.35. The lowest BCUT2D eigenvalue weighted by atomic mass is 10.0. The average molecular weight is 386 g/mol. The fraction of sp³-hybridized carbons (Fsp3) is 0.524. The molecule has 0 radical (unpaired) electrons. The molecule has 0 aliphatic carbocycles. The number of aryl methyl sites for hydroxylation is 2. The van der Waals surface area contributed by atoms with Crippen LogP contribution in [0.4, 0.5) is 0 Å². The lowest BCUT2D eigenvalue weighted by molar-refractivity contribution is 0.198. The van der Waals surface area contributed by atoms with Gasteiger partial charge >= 0.3 is 0 Å². The molecule has 2 heterocycles. The first-order valence-electron chi connectivity index (χ1n) is 9.80. The number of likely N-dealkylation sites (tertiary alicyclic amines) is 1. The van der Waals surface area contributed by atoms with Gasteiger partial charge in [-0.05, 0) is 32.3 Å². The van der Waals surface area contributed by atoms with Crippen molar-refractivity contribution in [1.29, 1.82) is 0 Å². The zero-order valence-corrected chi connectivity index (χ0v) is 17.5. The van der Waals surface area contributed by atoms with Crippen LogP contribution in [0, 0.1) is 13.8 Å². The van der Waals surface area contributed by atoms with Gasteiger partial charge in [0.25, 0.3) is 0 Å². The van der Waals surface area contributed by atoms with E-state index in [1.54, 1.807) is 11.3 Å². The van der Waals surface area contributed by atoms with Crippen LogP contribution in [0.25, 0.3) is 0 Å². The van der Waals surface area contributed by atoms with Gasteiger partial charge < -0.3 is 10.6 Å². The summed E-state index contributed by atoms with van der Waals surface area (Å²) in [6, 6.07) is 11.2. The van der Waals surface area contributed by atoms with Crippen molar-refractivity contribution in [1.82, 2.24) is 20.5 Å². The molecular formula is C21H31N5S. The third kappa shape index (κ3) is 6.04. The van der Waals surface area contributed by atoms with Crippen molar-refractivity contribution in [2.45, 2.75) is 45.7 Å². The summed E-state index contributed by atoms with van der Waals surface area (Å²) in [5.74, 6) is 0.912. The molecule has 27 heavy (non-hydrogen) atoms. The van der Waals surface area contributed by atoms with Gasteiger partial charge in [0.15, 0.2) is 5.96 Å². The van der Waals surface area contributed by atoms with Crippen LogP contribution in [-0.4, -0.2) is 48.6 Å². The van der Waals surface area contributed by atoms with Crippen LogP contribution in [0.3, 0.4) is 0 Å². The van der Waals surface area contributed by atoms with Crippen molar-refractivity contribution in [3.05, 3.63) is 51.5 Å². The summed E-state index contributed by atoms with van der Waals surface area (Å²) in [4.78, 5) is 12.8. The van der Waals surface area contributed by atoms with Gasteiger partial charge in [0.2, 0.25) is 0 Å². The molecule has 0 bridgehead atoms. The molecule has 1 aliphatic heterocycles. The molecule has 1 aromatic heterocycles. The molecule has 0 saturated carbocycles. The Balaban J connectivity index is 1.38. The summed E-state index contributed by atoms with van der Waals surface area (Å²) in [5.41, 5.74) is 2.56. The van der Waals surface area contributed by atoms with Crippen molar-refractivity contribution in [3.63, 3.8) is 0 Å². The van der Waals surface area contributed by atoms with E-state index >= 15 is 0 Å². The Hall–Kier alpha value is -1.92. The number of hydrogen-bond acceptors (Lipinski definition) is 4. The maximum atomic E-state index is 4.50. The fourth-order valence-electron chi connectivity index (χ4n) is 3.56. The highest BCUT2D eigenvalue weighted by Gasteiger charge is 2.20. The van der Waals surface area contributed by atoms with Gasteiger partial charge in [0.05, 0.1) is 10.7 Å². The number of nitrogens with zero attached hydrogens (tertiary/aromatic N) is 3. The van der Waals surface area contributed by atoms with Gasteiger partial charge in [-0.25, -0.2) is 4.98 Å². The van der Waals surface area contributed by atoms with Crippen LogP contribution in [-0.2, 0) is 13.0 Å². The number of benzene rings is 1. The van der Waals surface area contributed by atoms with Crippen LogP contribution in [0.5, 0.6) is 0 Å².